The predicted molar refractivity (Wildman–Crippen MR) is 126 cm³/mol. The van der Waals surface area contributed by atoms with Crippen molar-refractivity contribution < 1.29 is 13.9 Å². The smallest absolute Gasteiger partial charge is 0.226 e. The van der Waals surface area contributed by atoms with Gasteiger partial charge in [-0.3, -0.25) is 4.99 Å². The van der Waals surface area contributed by atoms with Crippen molar-refractivity contribution in [2.75, 3.05) is 14.2 Å². The molecule has 168 valence electrons. The van der Waals surface area contributed by atoms with Gasteiger partial charge in [0.25, 0.3) is 0 Å². The van der Waals surface area contributed by atoms with Crippen molar-refractivity contribution in [2.24, 2.45) is 4.99 Å². The fourth-order valence-electron chi connectivity index (χ4n) is 3.02. The van der Waals surface area contributed by atoms with Gasteiger partial charge in [0, 0.05) is 31.4 Å². The van der Waals surface area contributed by atoms with Gasteiger partial charge in [0.15, 0.2) is 5.96 Å². The Morgan fingerprint density at radius 3 is 2.39 bits per heavy atom. The molecule has 0 atom stereocenters. The molecule has 0 radical (unpaired) electrons. The Morgan fingerprint density at radius 1 is 0.939 bits per heavy atom. The van der Waals surface area contributed by atoms with E-state index in [0.717, 1.165) is 22.6 Å². The van der Waals surface area contributed by atoms with Crippen LogP contribution in [0.3, 0.4) is 0 Å². The third-order valence-electron chi connectivity index (χ3n) is 4.77. The van der Waals surface area contributed by atoms with Crippen LogP contribution in [0.15, 0.2) is 88.6 Å². The molecule has 0 unspecified atom stereocenters. The summed E-state index contributed by atoms with van der Waals surface area (Å²) < 4.78 is 16.5. The molecule has 8 heteroatoms. The summed E-state index contributed by atoms with van der Waals surface area (Å²) in [5.74, 6) is 3.24. The van der Waals surface area contributed by atoms with Gasteiger partial charge in [-0.15, -0.1) is 0 Å². The maximum absolute atomic E-state index is 5.76. The summed E-state index contributed by atoms with van der Waals surface area (Å²) in [6.07, 6.45) is 3.41. The Morgan fingerprint density at radius 2 is 1.70 bits per heavy atom. The van der Waals surface area contributed by atoms with Crippen LogP contribution in [0, 0.1) is 0 Å². The lowest BCUT2D eigenvalue weighted by atomic mass is 10.2. The average Bonchev–Trinajstić information content (AvgIpc) is 3.35. The molecule has 4 aromatic rings. The van der Waals surface area contributed by atoms with Gasteiger partial charge in [-0.1, -0.05) is 24.3 Å². The Balaban J connectivity index is 1.26. The number of nitrogens with one attached hydrogen (secondary N) is 2. The zero-order chi connectivity index (χ0) is 22.9. The molecule has 2 N–H and O–H groups in total. The number of guanidine groups is 1. The van der Waals surface area contributed by atoms with Gasteiger partial charge in [-0.2, -0.15) is 0 Å². The second-order valence-electron chi connectivity index (χ2n) is 7.07. The Kier molecular flexibility index (Phi) is 7.17. The van der Waals surface area contributed by atoms with Crippen LogP contribution >= 0.6 is 0 Å². The third kappa shape index (κ3) is 6.10. The Labute approximate surface area is 192 Å². The fraction of sp³-hybridized carbons (Fsp3) is 0.160. The normalized spacial score (nSPS) is 11.2. The summed E-state index contributed by atoms with van der Waals surface area (Å²) in [7, 11) is 3.35. The predicted octanol–water partition coefficient (Wildman–Crippen LogP) is 4.40. The molecule has 0 aliphatic rings. The summed E-state index contributed by atoms with van der Waals surface area (Å²) in [6.45, 7) is 1.05. The van der Waals surface area contributed by atoms with E-state index in [1.807, 2.05) is 66.7 Å². The van der Waals surface area contributed by atoms with Gasteiger partial charge < -0.3 is 24.5 Å². The molecule has 0 spiro atoms. The lowest BCUT2D eigenvalue weighted by Gasteiger charge is -2.11. The number of benzene rings is 2. The van der Waals surface area contributed by atoms with Gasteiger partial charge >= 0.3 is 0 Å². The van der Waals surface area contributed by atoms with E-state index in [1.165, 1.54) is 0 Å². The summed E-state index contributed by atoms with van der Waals surface area (Å²) in [5, 5.41) is 6.50. The highest BCUT2D eigenvalue weighted by Crippen LogP contribution is 2.22. The molecule has 0 fully saturated rings. The van der Waals surface area contributed by atoms with E-state index in [1.54, 1.807) is 26.6 Å². The van der Waals surface area contributed by atoms with Gasteiger partial charge in [-0.25, -0.2) is 9.97 Å². The van der Waals surface area contributed by atoms with Crippen LogP contribution in [0.2, 0.25) is 0 Å². The van der Waals surface area contributed by atoms with Crippen molar-refractivity contribution in [1.29, 1.82) is 0 Å². The molecule has 33 heavy (non-hydrogen) atoms. The monoisotopic (exact) mass is 443 g/mol. The number of aromatic nitrogens is 2. The van der Waals surface area contributed by atoms with Gasteiger partial charge in [0.1, 0.15) is 17.8 Å². The van der Waals surface area contributed by atoms with E-state index in [-0.39, 0.29) is 0 Å². The van der Waals surface area contributed by atoms with E-state index >= 15 is 0 Å². The highest BCUT2D eigenvalue weighted by atomic mass is 16.5. The number of hydrogen-bond acceptors (Lipinski definition) is 6. The summed E-state index contributed by atoms with van der Waals surface area (Å²) in [5.41, 5.74) is 2.73. The van der Waals surface area contributed by atoms with Crippen molar-refractivity contribution in [3.63, 3.8) is 0 Å². The first-order valence-electron chi connectivity index (χ1n) is 10.4. The van der Waals surface area contributed by atoms with Crippen molar-refractivity contribution in [2.45, 2.75) is 13.1 Å². The topological polar surface area (TPSA) is 93.8 Å². The first kappa shape index (κ1) is 21.9. The molecule has 0 aliphatic carbocycles. The van der Waals surface area contributed by atoms with Gasteiger partial charge in [0.05, 0.1) is 19.3 Å². The second-order valence-corrected chi connectivity index (χ2v) is 7.07. The van der Waals surface area contributed by atoms with Gasteiger partial charge in [0.2, 0.25) is 11.8 Å². The van der Waals surface area contributed by atoms with Crippen LogP contribution in [0.4, 0.5) is 0 Å². The maximum atomic E-state index is 5.76. The number of rotatable bonds is 8. The fourth-order valence-corrected chi connectivity index (χ4v) is 3.02. The SMILES string of the molecule is CN=C(NCc1ccc(Oc2ccc(OC)cc2)nc1)NCc1coc(-c2ccccc2)n1. The highest BCUT2D eigenvalue weighted by Gasteiger charge is 2.07. The minimum atomic E-state index is 0.489. The molecule has 0 saturated heterocycles. The largest absolute Gasteiger partial charge is 0.497 e. The van der Waals surface area contributed by atoms with Crippen molar-refractivity contribution in [3.05, 3.63) is 90.4 Å². The highest BCUT2D eigenvalue weighted by molar-refractivity contribution is 5.79. The zero-order valence-electron chi connectivity index (χ0n) is 18.5. The number of ether oxygens (including phenoxy) is 2. The van der Waals surface area contributed by atoms with Crippen LogP contribution in [0.1, 0.15) is 11.3 Å². The lowest BCUT2D eigenvalue weighted by molar-refractivity contribution is 0.412. The molecule has 2 aromatic heterocycles. The van der Waals surface area contributed by atoms with E-state index < -0.39 is 0 Å². The number of nitrogens with zero attached hydrogens (tertiary/aromatic N) is 3. The molecule has 2 heterocycles. The molecule has 0 amide bonds. The van der Waals surface area contributed by atoms with E-state index in [9.17, 15) is 0 Å². The van der Waals surface area contributed by atoms with Crippen molar-refractivity contribution >= 4 is 5.96 Å². The van der Waals surface area contributed by atoms with Crippen molar-refractivity contribution in [1.82, 2.24) is 20.6 Å². The number of hydrogen-bond donors (Lipinski definition) is 2. The van der Waals surface area contributed by atoms with Crippen LogP contribution in [-0.4, -0.2) is 30.1 Å². The molecular weight excluding hydrogens is 418 g/mol. The molecular formula is C25H25N5O3. The molecule has 0 bridgehead atoms. The van der Waals surface area contributed by atoms with E-state index in [2.05, 4.69) is 25.6 Å². The number of aliphatic imine (C=N–C) groups is 1. The standard InChI is InChI=1S/C25H25N5O3/c1-26-25(29-16-20-17-32-24(30-20)19-6-4-3-5-7-19)28-15-18-8-13-23(27-14-18)33-22-11-9-21(31-2)10-12-22/h3-14,17H,15-16H2,1-2H3,(H2,26,28,29). The molecule has 0 saturated carbocycles. The molecule has 2 aromatic carbocycles. The minimum Gasteiger partial charge on any atom is -0.497 e. The van der Waals surface area contributed by atoms with Crippen LogP contribution in [0.25, 0.3) is 11.5 Å². The van der Waals surface area contributed by atoms with E-state index in [4.69, 9.17) is 13.9 Å². The number of oxazole rings is 1. The summed E-state index contributed by atoms with van der Waals surface area (Å²) in [6, 6.07) is 20.9. The van der Waals surface area contributed by atoms with Crippen LogP contribution in [-0.2, 0) is 13.1 Å². The van der Waals surface area contributed by atoms with Crippen LogP contribution < -0.4 is 20.1 Å². The Hall–Kier alpha value is -4.33. The Bertz CT molecular complexity index is 1170. The molecule has 8 nitrogen and oxygen atoms in total. The first-order valence-corrected chi connectivity index (χ1v) is 10.4. The number of methoxy groups -OCH3 is 1. The summed E-state index contributed by atoms with van der Waals surface area (Å²) >= 11 is 0. The van der Waals surface area contributed by atoms with Crippen LogP contribution in [0.5, 0.6) is 17.4 Å². The third-order valence-corrected chi connectivity index (χ3v) is 4.77. The quantitative estimate of drug-likeness (QED) is 0.308. The van der Waals surface area contributed by atoms with Crippen molar-refractivity contribution in [3.8, 4) is 28.8 Å². The second kappa shape index (κ2) is 10.8. The molecule has 4 rings (SSSR count). The van der Waals surface area contributed by atoms with Gasteiger partial charge in [-0.05, 0) is 42.0 Å². The lowest BCUT2D eigenvalue weighted by Crippen LogP contribution is -2.36. The minimum absolute atomic E-state index is 0.489. The average molecular weight is 444 g/mol. The maximum Gasteiger partial charge on any atom is 0.226 e. The summed E-state index contributed by atoms with van der Waals surface area (Å²) in [4.78, 5) is 13.1. The first-order chi connectivity index (χ1) is 16.2. The zero-order valence-corrected chi connectivity index (χ0v) is 18.5. The molecule has 0 aliphatic heterocycles. The van der Waals surface area contributed by atoms with E-state index in [0.29, 0.717) is 36.6 Å². The number of pyridine rings is 1.